The molecule has 0 heterocycles. The number of sulfonamides is 1. The summed E-state index contributed by atoms with van der Waals surface area (Å²) < 4.78 is 33.9. The molecule has 1 N–H and O–H groups in total. The SMILES string of the molecule is CCCCNC(=O)C(C)N(Cc1cccc(Cl)c1)C(=O)CN(c1ccc(Cl)cc1)S(=O)(=O)c1ccc(OC)cc1. The van der Waals surface area contributed by atoms with Crippen molar-refractivity contribution in [1.29, 1.82) is 0 Å². The minimum absolute atomic E-state index is 0.0252. The average Bonchev–Trinajstić information content (AvgIpc) is 2.94. The molecule has 11 heteroatoms. The lowest BCUT2D eigenvalue weighted by Gasteiger charge is -2.32. The van der Waals surface area contributed by atoms with Gasteiger partial charge in [0.15, 0.2) is 0 Å². The van der Waals surface area contributed by atoms with Crippen LogP contribution in [0.3, 0.4) is 0 Å². The van der Waals surface area contributed by atoms with E-state index in [-0.39, 0.29) is 23.0 Å². The number of anilines is 1. The summed E-state index contributed by atoms with van der Waals surface area (Å²) in [6.45, 7) is 3.61. The van der Waals surface area contributed by atoms with E-state index in [2.05, 4.69) is 5.32 Å². The number of carbonyl (C=O) groups excluding carboxylic acids is 2. The lowest BCUT2D eigenvalue weighted by atomic mass is 10.1. The van der Waals surface area contributed by atoms with Gasteiger partial charge in [0.1, 0.15) is 18.3 Å². The van der Waals surface area contributed by atoms with E-state index in [0.29, 0.717) is 27.9 Å². The first kappa shape index (κ1) is 31.3. The first-order valence-corrected chi connectivity index (χ1v) is 15.0. The number of nitrogens with one attached hydrogen (secondary N) is 1. The largest absolute Gasteiger partial charge is 0.497 e. The van der Waals surface area contributed by atoms with Gasteiger partial charge in [-0.25, -0.2) is 8.42 Å². The summed E-state index contributed by atoms with van der Waals surface area (Å²) in [6, 6.07) is 18.1. The van der Waals surface area contributed by atoms with Crippen LogP contribution in [0, 0.1) is 0 Å². The minimum Gasteiger partial charge on any atom is -0.497 e. The Kier molecular flexibility index (Phi) is 11.2. The van der Waals surface area contributed by atoms with E-state index in [1.165, 1.54) is 48.4 Å². The number of halogens is 2. The first-order chi connectivity index (χ1) is 19.1. The van der Waals surface area contributed by atoms with E-state index < -0.39 is 28.5 Å². The summed E-state index contributed by atoms with van der Waals surface area (Å²) in [7, 11) is -2.72. The molecule has 0 bridgehead atoms. The van der Waals surface area contributed by atoms with Gasteiger partial charge in [-0.05, 0) is 79.6 Å². The van der Waals surface area contributed by atoms with Crippen LogP contribution in [0.25, 0.3) is 0 Å². The molecule has 0 spiro atoms. The monoisotopic (exact) mass is 605 g/mol. The molecule has 3 aromatic rings. The fourth-order valence-corrected chi connectivity index (χ4v) is 5.71. The van der Waals surface area contributed by atoms with Gasteiger partial charge in [0.05, 0.1) is 17.7 Å². The van der Waals surface area contributed by atoms with Crippen LogP contribution in [0.5, 0.6) is 5.75 Å². The quantitative estimate of drug-likeness (QED) is 0.258. The second-order valence-corrected chi connectivity index (χ2v) is 11.9. The second-order valence-electron chi connectivity index (χ2n) is 9.14. The number of amides is 2. The fraction of sp³-hybridized carbons (Fsp3) is 0.310. The number of unbranched alkanes of at least 4 members (excludes halogenated alkanes) is 1. The molecule has 1 unspecified atom stereocenters. The zero-order valence-corrected chi connectivity index (χ0v) is 25.0. The van der Waals surface area contributed by atoms with Crippen LogP contribution in [0.2, 0.25) is 10.0 Å². The number of hydrogen-bond acceptors (Lipinski definition) is 5. The summed E-state index contributed by atoms with van der Waals surface area (Å²) in [5.41, 5.74) is 0.946. The van der Waals surface area contributed by atoms with Gasteiger partial charge in [0, 0.05) is 23.1 Å². The van der Waals surface area contributed by atoms with E-state index in [0.717, 1.165) is 17.1 Å². The maximum absolute atomic E-state index is 13.9. The fourth-order valence-electron chi connectivity index (χ4n) is 3.96. The van der Waals surface area contributed by atoms with Crippen LogP contribution in [-0.4, -0.2) is 51.4 Å². The molecule has 8 nitrogen and oxygen atoms in total. The zero-order chi connectivity index (χ0) is 29.3. The molecule has 2 amide bonds. The second kappa shape index (κ2) is 14.4. The summed E-state index contributed by atoms with van der Waals surface area (Å²) in [4.78, 5) is 28.2. The highest BCUT2D eigenvalue weighted by Gasteiger charge is 2.32. The molecule has 3 rings (SSSR count). The molecule has 0 aromatic heterocycles. The Morgan fingerprint density at radius 2 is 1.65 bits per heavy atom. The molecule has 0 aliphatic rings. The van der Waals surface area contributed by atoms with Crippen LogP contribution in [0.4, 0.5) is 5.69 Å². The third kappa shape index (κ3) is 8.13. The Labute approximate surface area is 245 Å². The van der Waals surface area contributed by atoms with Crippen molar-refractivity contribution < 1.29 is 22.7 Å². The predicted octanol–water partition coefficient (Wildman–Crippen LogP) is 5.53. The highest BCUT2D eigenvalue weighted by Crippen LogP contribution is 2.27. The number of ether oxygens (including phenoxy) is 1. The third-order valence-corrected chi connectivity index (χ3v) is 8.55. The molecule has 0 saturated heterocycles. The number of rotatable bonds is 13. The number of nitrogens with zero attached hydrogens (tertiary/aromatic N) is 2. The molecule has 214 valence electrons. The van der Waals surface area contributed by atoms with Crippen LogP contribution >= 0.6 is 23.2 Å². The van der Waals surface area contributed by atoms with Gasteiger partial charge in [-0.1, -0.05) is 48.7 Å². The Morgan fingerprint density at radius 1 is 0.975 bits per heavy atom. The smallest absolute Gasteiger partial charge is 0.264 e. The maximum Gasteiger partial charge on any atom is 0.264 e. The standard InChI is InChI=1S/C29H33Cl2N3O5S/c1-4-5-17-32-29(36)21(2)33(19-22-7-6-8-24(31)18-22)28(35)20-34(25-11-9-23(30)10-12-25)40(37,38)27-15-13-26(39-3)14-16-27/h6-16,18,21H,4-5,17,19-20H2,1-3H3,(H,32,36). The molecule has 0 radical (unpaired) electrons. The van der Waals surface area contributed by atoms with Crippen molar-refractivity contribution >= 4 is 50.7 Å². The zero-order valence-electron chi connectivity index (χ0n) is 22.6. The number of hydrogen-bond donors (Lipinski definition) is 1. The van der Waals surface area contributed by atoms with E-state index in [1.807, 2.05) is 6.92 Å². The van der Waals surface area contributed by atoms with Crippen molar-refractivity contribution in [2.24, 2.45) is 0 Å². The summed E-state index contributed by atoms with van der Waals surface area (Å²) >= 11 is 12.2. The Balaban J connectivity index is 2.00. The van der Waals surface area contributed by atoms with Crippen molar-refractivity contribution in [3.05, 3.63) is 88.4 Å². The Hall–Kier alpha value is -3.27. The van der Waals surface area contributed by atoms with Crippen molar-refractivity contribution in [3.8, 4) is 5.75 Å². The Morgan fingerprint density at radius 3 is 2.25 bits per heavy atom. The molecular formula is C29H33Cl2N3O5S. The van der Waals surface area contributed by atoms with E-state index in [1.54, 1.807) is 43.3 Å². The van der Waals surface area contributed by atoms with E-state index in [9.17, 15) is 18.0 Å². The predicted molar refractivity (Wildman–Crippen MR) is 158 cm³/mol. The highest BCUT2D eigenvalue weighted by atomic mass is 35.5. The van der Waals surface area contributed by atoms with Crippen LogP contribution < -0.4 is 14.4 Å². The molecule has 40 heavy (non-hydrogen) atoms. The van der Waals surface area contributed by atoms with Gasteiger partial charge in [0.2, 0.25) is 11.8 Å². The van der Waals surface area contributed by atoms with Crippen molar-refractivity contribution in [2.45, 2.75) is 44.2 Å². The van der Waals surface area contributed by atoms with Gasteiger partial charge >= 0.3 is 0 Å². The first-order valence-electron chi connectivity index (χ1n) is 12.8. The van der Waals surface area contributed by atoms with Crippen LogP contribution in [0.15, 0.2) is 77.7 Å². The molecule has 1 atom stereocenters. The Bertz CT molecular complexity index is 1400. The van der Waals surface area contributed by atoms with E-state index >= 15 is 0 Å². The van der Waals surface area contributed by atoms with Crippen LogP contribution in [0.1, 0.15) is 32.3 Å². The van der Waals surface area contributed by atoms with Gasteiger partial charge < -0.3 is 15.0 Å². The third-order valence-electron chi connectivity index (χ3n) is 6.28. The normalized spacial score (nSPS) is 11.9. The molecule has 0 aliphatic carbocycles. The van der Waals surface area contributed by atoms with Gasteiger partial charge in [-0.15, -0.1) is 0 Å². The molecule has 3 aromatic carbocycles. The van der Waals surface area contributed by atoms with Crippen molar-refractivity contribution in [2.75, 3.05) is 24.5 Å². The molecule has 0 saturated carbocycles. The topological polar surface area (TPSA) is 96.0 Å². The number of carbonyl (C=O) groups is 2. The molecule has 0 aliphatic heterocycles. The molecular weight excluding hydrogens is 573 g/mol. The van der Waals surface area contributed by atoms with Gasteiger partial charge in [-0.2, -0.15) is 0 Å². The minimum atomic E-state index is -4.20. The van der Waals surface area contributed by atoms with Crippen LogP contribution in [-0.2, 0) is 26.2 Å². The maximum atomic E-state index is 13.9. The highest BCUT2D eigenvalue weighted by molar-refractivity contribution is 7.92. The van der Waals surface area contributed by atoms with Crippen molar-refractivity contribution in [3.63, 3.8) is 0 Å². The molecule has 0 fully saturated rings. The lowest BCUT2D eigenvalue weighted by Crippen LogP contribution is -2.51. The number of methoxy groups -OCH3 is 1. The summed E-state index contributed by atoms with van der Waals surface area (Å²) in [5.74, 6) is -0.409. The summed E-state index contributed by atoms with van der Waals surface area (Å²) in [6.07, 6.45) is 1.70. The average molecular weight is 607 g/mol. The van der Waals surface area contributed by atoms with Crippen molar-refractivity contribution in [1.82, 2.24) is 10.2 Å². The van der Waals surface area contributed by atoms with E-state index in [4.69, 9.17) is 27.9 Å². The number of benzene rings is 3. The lowest BCUT2D eigenvalue weighted by molar-refractivity contribution is -0.139. The van der Waals surface area contributed by atoms with Gasteiger partial charge in [-0.3, -0.25) is 13.9 Å². The summed E-state index contributed by atoms with van der Waals surface area (Å²) in [5, 5.41) is 3.75. The van der Waals surface area contributed by atoms with Gasteiger partial charge in [0.25, 0.3) is 10.0 Å².